The first kappa shape index (κ1) is 13.4. The molecule has 0 spiro atoms. The number of carbonyl (C=O) groups excluding carboxylic acids is 1. The quantitative estimate of drug-likeness (QED) is 0.655. The maximum absolute atomic E-state index is 10.4. The SMILES string of the molecule is CP(O)OCc1ccc(COC(=O)Cl)cc1. The van der Waals surface area contributed by atoms with E-state index < -0.39 is 13.8 Å². The van der Waals surface area contributed by atoms with Crippen molar-refractivity contribution in [2.45, 2.75) is 13.2 Å². The van der Waals surface area contributed by atoms with Gasteiger partial charge < -0.3 is 14.2 Å². The number of ether oxygens (including phenoxy) is 1. The Hall–Kier alpha value is -0.670. The van der Waals surface area contributed by atoms with Crippen molar-refractivity contribution < 1.29 is 18.9 Å². The van der Waals surface area contributed by atoms with Crippen LogP contribution >= 0.6 is 20.0 Å². The molecule has 1 rings (SSSR count). The molecule has 0 saturated heterocycles. The Bertz CT molecular complexity index is 339. The number of hydrogen-bond donors (Lipinski definition) is 1. The number of carbonyl (C=O) groups is 1. The average Bonchev–Trinajstić information content (AvgIpc) is 2.25. The summed E-state index contributed by atoms with van der Waals surface area (Å²) in [5, 5.41) is 0. The van der Waals surface area contributed by atoms with Gasteiger partial charge in [-0.25, -0.2) is 4.79 Å². The van der Waals surface area contributed by atoms with Crippen LogP contribution in [-0.4, -0.2) is 17.0 Å². The highest BCUT2D eigenvalue weighted by molar-refractivity contribution is 7.45. The maximum atomic E-state index is 10.4. The Balaban J connectivity index is 2.44. The molecule has 1 N–H and O–H groups in total. The standard InChI is InChI=1S/C10H12ClO4P/c1-16(13)15-7-9-4-2-8(3-5-9)6-14-10(11)12/h2-5,13H,6-7H2,1H3. The Kier molecular flexibility index (Phi) is 5.71. The topological polar surface area (TPSA) is 55.8 Å². The van der Waals surface area contributed by atoms with Gasteiger partial charge in [-0.2, -0.15) is 0 Å². The van der Waals surface area contributed by atoms with Crippen LogP contribution in [-0.2, 0) is 22.5 Å². The van der Waals surface area contributed by atoms with Crippen molar-refractivity contribution in [1.29, 1.82) is 0 Å². The first-order valence-corrected chi connectivity index (χ1v) is 6.57. The van der Waals surface area contributed by atoms with Gasteiger partial charge in [0.05, 0.1) is 6.61 Å². The minimum Gasteiger partial charge on any atom is -0.449 e. The largest absolute Gasteiger partial charge is 0.449 e. The molecule has 0 aromatic heterocycles. The summed E-state index contributed by atoms with van der Waals surface area (Å²) in [5.74, 6) is 0. The van der Waals surface area contributed by atoms with Crippen LogP contribution in [0.3, 0.4) is 0 Å². The molecule has 0 radical (unpaired) electrons. The normalized spacial score (nSPS) is 12.2. The lowest BCUT2D eigenvalue weighted by Crippen LogP contribution is -1.95. The summed E-state index contributed by atoms with van der Waals surface area (Å²) in [6, 6.07) is 7.31. The molecule has 88 valence electrons. The minimum atomic E-state index is -1.33. The summed E-state index contributed by atoms with van der Waals surface area (Å²) >= 11 is 5.04. The zero-order valence-electron chi connectivity index (χ0n) is 8.72. The van der Waals surface area contributed by atoms with E-state index >= 15 is 0 Å². The lowest BCUT2D eigenvalue weighted by Gasteiger charge is -2.06. The fraction of sp³-hybridized carbons (Fsp3) is 0.300. The fourth-order valence-corrected chi connectivity index (χ4v) is 1.43. The summed E-state index contributed by atoms with van der Waals surface area (Å²) in [5.41, 5.74) is 0.981. The van der Waals surface area contributed by atoms with Gasteiger partial charge in [0.2, 0.25) is 0 Å². The van der Waals surface area contributed by atoms with Crippen LogP contribution in [0.1, 0.15) is 11.1 Å². The van der Waals surface area contributed by atoms with E-state index in [-0.39, 0.29) is 6.61 Å². The Morgan fingerprint density at radius 3 is 2.25 bits per heavy atom. The van der Waals surface area contributed by atoms with E-state index in [1.54, 1.807) is 6.66 Å². The summed E-state index contributed by atoms with van der Waals surface area (Å²) in [6.07, 6.45) is 0. The minimum absolute atomic E-state index is 0.157. The number of halogens is 1. The molecule has 0 amide bonds. The maximum Gasteiger partial charge on any atom is 0.404 e. The fourth-order valence-electron chi connectivity index (χ4n) is 1.04. The van der Waals surface area contributed by atoms with Gasteiger partial charge in [-0.3, -0.25) is 0 Å². The second-order valence-electron chi connectivity index (χ2n) is 3.08. The summed E-state index contributed by atoms with van der Waals surface area (Å²) in [4.78, 5) is 19.3. The van der Waals surface area contributed by atoms with Gasteiger partial charge in [0.1, 0.15) is 6.61 Å². The molecule has 0 bridgehead atoms. The molecule has 0 saturated carbocycles. The molecule has 1 aromatic rings. The highest BCUT2D eigenvalue weighted by atomic mass is 35.5. The zero-order chi connectivity index (χ0) is 12.0. The van der Waals surface area contributed by atoms with Crippen LogP contribution in [0.4, 0.5) is 4.79 Å². The lowest BCUT2D eigenvalue weighted by molar-refractivity contribution is 0.167. The van der Waals surface area contributed by atoms with E-state index in [1.807, 2.05) is 24.3 Å². The highest BCUT2D eigenvalue weighted by Gasteiger charge is 2.00. The van der Waals surface area contributed by atoms with Crippen LogP contribution in [0, 0.1) is 0 Å². The molecule has 0 aliphatic rings. The van der Waals surface area contributed by atoms with E-state index in [1.165, 1.54) is 0 Å². The van der Waals surface area contributed by atoms with Gasteiger partial charge in [-0.1, -0.05) is 24.3 Å². The van der Waals surface area contributed by atoms with Crippen molar-refractivity contribution in [3.8, 4) is 0 Å². The van der Waals surface area contributed by atoms with E-state index in [0.717, 1.165) is 11.1 Å². The van der Waals surface area contributed by atoms with Crippen molar-refractivity contribution in [3.63, 3.8) is 0 Å². The molecule has 1 aromatic carbocycles. The second-order valence-corrected chi connectivity index (χ2v) is 4.58. The van der Waals surface area contributed by atoms with Gasteiger partial charge in [-0.15, -0.1) is 0 Å². The molecule has 0 heterocycles. The zero-order valence-corrected chi connectivity index (χ0v) is 10.4. The first-order valence-electron chi connectivity index (χ1n) is 4.53. The van der Waals surface area contributed by atoms with Crippen LogP contribution in [0.25, 0.3) is 0 Å². The second kappa shape index (κ2) is 6.81. The van der Waals surface area contributed by atoms with Gasteiger partial charge in [0.15, 0.2) is 8.38 Å². The molecule has 1 unspecified atom stereocenters. The molecule has 0 fully saturated rings. The van der Waals surface area contributed by atoms with E-state index in [2.05, 4.69) is 4.74 Å². The lowest BCUT2D eigenvalue weighted by atomic mass is 10.1. The van der Waals surface area contributed by atoms with Crippen molar-refractivity contribution in [2.24, 2.45) is 0 Å². The predicted octanol–water partition coefficient (Wildman–Crippen LogP) is 3.01. The Morgan fingerprint density at radius 2 is 1.81 bits per heavy atom. The third-order valence-electron chi connectivity index (χ3n) is 1.79. The monoisotopic (exact) mass is 262 g/mol. The summed E-state index contributed by atoms with van der Waals surface area (Å²) in [7, 11) is -1.33. The van der Waals surface area contributed by atoms with Crippen LogP contribution < -0.4 is 0 Å². The Morgan fingerprint density at radius 1 is 1.31 bits per heavy atom. The number of benzene rings is 1. The van der Waals surface area contributed by atoms with Gasteiger partial charge in [-0.05, 0) is 11.1 Å². The van der Waals surface area contributed by atoms with E-state index in [9.17, 15) is 4.79 Å². The molecule has 4 nitrogen and oxygen atoms in total. The highest BCUT2D eigenvalue weighted by Crippen LogP contribution is 2.26. The first-order chi connectivity index (χ1) is 7.58. The smallest absolute Gasteiger partial charge is 0.404 e. The van der Waals surface area contributed by atoms with E-state index in [4.69, 9.17) is 21.0 Å². The van der Waals surface area contributed by atoms with Crippen molar-refractivity contribution in [1.82, 2.24) is 0 Å². The molecule has 6 heteroatoms. The van der Waals surface area contributed by atoms with Crippen LogP contribution in [0.5, 0.6) is 0 Å². The van der Waals surface area contributed by atoms with Crippen LogP contribution in [0.2, 0.25) is 0 Å². The molecule has 0 aliphatic heterocycles. The molecule has 1 atom stereocenters. The van der Waals surface area contributed by atoms with Crippen LogP contribution in [0.15, 0.2) is 24.3 Å². The summed E-state index contributed by atoms with van der Waals surface area (Å²) < 4.78 is 9.70. The molecular weight excluding hydrogens is 251 g/mol. The average molecular weight is 263 g/mol. The molecule has 16 heavy (non-hydrogen) atoms. The Labute approximate surface area is 100 Å². The molecular formula is C10H12ClO4P. The van der Waals surface area contributed by atoms with Gasteiger partial charge in [0.25, 0.3) is 0 Å². The number of rotatable bonds is 5. The van der Waals surface area contributed by atoms with E-state index in [0.29, 0.717) is 6.61 Å². The molecule has 0 aliphatic carbocycles. The van der Waals surface area contributed by atoms with Gasteiger partial charge in [0, 0.05) is 18.3 Å². The third-order valence-corrected chi connectivity index (χ3v) is 2.41. The van der Waals surface area contributed by atoms with Gasteiger partial charge >= 0.3 is 5.43 Å². The third kappa shape index (κ3) is 5.42. The predicted molar refractivity (Wildman–Crippen MR) is 62.3 cm³/mol. The number of hydrogen-bond acceptors (Lipinski definition) is 4. The van der Waals surface area contributed by atoms with Crippen molar-refractivity contribution >= 4 is 25.4 Å². The van der Waals surface area contributed by atoms with Crippen molar-refractivity contribution in [3.05, 3.63) is 35.4 Å². The summed E-state index contributed by atoms with van der Waals surface area (Å²) in [6.45, 7) is 2.14. The van der Waals surface area contributed by atoms with Crippen molar-refractivity contribution in [2.75, 3.05) is 6.66 Å².